The standard InChI is InChI=1S/C8H10N2O2/c11-8(12)6-3-1-2-5-4-9-10-7(5)6/h4,6H,1-3H2,(H,9,10)(H,11,12)/t6-/m1/s1. The SMILES string of the molecule is O=C(O)[C@@H]1CCCc2cn[nH]c21. The van der Waals surface area contributed by atoms with Crippen LogP contribution in [0.25, 0.3) is 0 Å². The van der Waals surface area contributed by atoms with Gasteiger partial charge < -0.3 is 5.11 Å². The first-order valence-electron chi connectivity index (χ1n) is 4.04. The highest BCUT2D eigenvalue weighted by molar-refractivity contribution is 5.76. The molecule has 0 unspecified atom stereocenters. The molecule has 4 nitrogen and oxygen atoms in total. The molecular formula is C8H10N2O2. The topological polar surface area (TPSA) is 66.0 Å². The number of nitrogens with one attached hydrogen (secondary N) is 1. The van der Waals surface area contributed by atoms with E-state index in [1.54, 1.807) is 6.20 Å². The molecule has 0 fully saturated rings. The van der Waals surface area contributed by atoms with Gasteiger partial charge in [-0.25, -0.2) is 0 Å². The fraction of sp³-hybridized carbons (Fsp3) is 0.500. The van der Waals surface area contributed by atoms with Gasteiger partial charge in [-0.05, 0) is 24.8 Å². The number of aromatic nitrogens is 2. The van der Waals surface area contributed by atoms with Crippen molar-refractivity contribution in [3.8, 4) is 0 Å². The van der Waals surface area contributed by atoms with E-state index in [2.05, 4.69) is 10.2 Å². The number of nitrogens with zero attached hydrogens (tertiary/aromatic N) is 1. The second-order valence-corrected chi connectivity index (χ2v) is 3.09. The Morgan fingerprint density at radius 1 is 1.75 bits per heavy atom. The van der Waals surface area contributed by atoms with Crippen LogP contribution in [0.5, 0.6) is 0 Å². The van der Waals surface area contributed by atoms with Crippen molar-refractivity contribution in [1.82, 2.24) is 10.2 Å². The first-order valence-corrected chi connectivity index (χ1v) is 4.04. The molecule has 12 heavy (non-hydrogen) atoms. The van der Waals surface area contributed by atoms with Crippen molar-refractivity contribution in [2.24, 2.45) is 0 Å². The summed E-state index contributed by atoms with van der Waals surface area (Å²) in [6, 6.07) is 0. The summed E-state index contributed by atoms with van der Waals surface area (Å²) in [6.07, 6.45) is 4.36. The zero-order valence-corrected chi connectivity index (χ0v) is 6.58. The van der Waals surface area contributed by atoms with E-state index >= 15 is 0 Å². The molecule has 1 atom stereocenters. The van der Waals surface area contributed by atoms with Crippen LogP contribution in [0.15, 0.2) is 6.20 Å². The number of aromatic amines is 1. The third-order valence-electron chi connectivity index (χ3n) is 2.34. The maximum absolute atomic E-state index is 10.8. The number of carbonyl (C=O) groups is 1. The monoisotopic (exact) mass is 166 g/mol. The van der Waals surface area contributed by atoms with E-state index in [1.807, 2.05) is 0 Å². The summed E-state index contributed by atoms with van der Waals surface area (Å²) in [4.78, 5) is 10.8. The van der Waals surface area contributed by atoms with Crippen molar-refractivity contribution >= 4 is 5.97 Å². The van der Waals surface area contributed by atoms with Crippen LogP contribution in [0, 0.1) is 0 Å². The molecule has 0 saturated heterocycles. The molecule has 1 heterocycles. The molecule has 0 saturated carbocycles. The summed E-state index contributed by atoms with van der Waals surface area (Å²) in [5.74, 6) is -1.11. The minimum atomic E-state index is -0.750. The van der Waals surface area contributed by atoms with Crippen molar-refractivity contribution in [1.29, 1.82) is 0 Å². The molecule has 0 bridgehead atoms. The highest BCUT2D eigenvalue weighted by atomic mass is 16.4. The van der Waals surface area contributed by atoms with Crippen molar-refractivity contribution in [2.75, 3.05) is 0 Å². The fourth-order valence-corrected chi connectivity index (χ4v) is 1.71. The highest BCUT2D eigenvalue weighted by Crippen LogP contribution is 2.29. The number of fused-ring (bicyclic) bond motifs is 1. The van der Waals surface area contributed by atoms with Gasteiger partial charge in [0.15, 0.2) is 0 Å². The number of aliphatic carboxylic acids is 1. The van der Waals surface area contributed by atoms with Crippen LogP contribution in [0.2, 0.25) is 0 Å². The maximum atomic E-state index is 10.8. The van der Waals surface area contributed by atoms with Gasteiger partial charge in [-0.2, -0.15) is 5.10 Å². The van der Waals surface area contributed by atoms with Crippen molar-refractivity contribution < 1.29 is 9.90 Å². The number of aryl methyl sites for hydroxylation is 1. The van der Waals surface area contributed by atoms with Gasteiger partial charge in [-0.3, -0.25) is 9.89 Å². The van der Waals surface area contributed by atoms with Crippen LogP contribution in [0.4, 0.5) is 0 Å². The summed E-state index contributed by atoms with van der Waals surface area (Å²) in [7, 11) is 0. The van der Waals surface area contributed by atoms with E-state index in [0.717, 1.165) is 30.5 Å². The number of H-pyrrole nitrogens is 1. The molecule has 1 aliphatic carbocycles. The predicted molar refractivity (Wildman–Crippen MR) is 41.9 cm³/mol. The summed E-state index contributed by atoms with van der Waals surface area (Å²) >= 11 is 0. The lowest BCUT2D eigenvalue weighted by Gasteiger charge is -2.17. The molecule has 1 aromatic rings. The Bertz CT molecular complexity index is 306. The van der Waals surface area contributed by atoms with Gasteiger partial charge in [0.05, 0.1) is 17.8 Å². The van der Waals surface area contributed by atoms with Gasteiger partial charge in [0.2, 0.25) is 0 Å². The zero-order chi connectivity index (χ0) is 8.55. The van der Waals surface area contributed by atoms with Gasteiger partial charge in [0.25, 0.3) is 0 Å². The van der Waals surface area contributed by atoms with Crippen LogP contribution < -0.4 is 0 Å². The van der Waals surface area contributed by atoms with Gasteiger partial charge >= 0.3 is 5.97 Å². The molecule has 0 aliphatic heterocycles. The van der Waals surface area contributed by atoms with E-state index in [0.29, 0.717) is 0 Å². The third-order valence-corrected chi connectivity index (χ3v) is 2.34. The second kappa shape index (κ2) is 2.62. The average molecular weight is 166 g/mol. The molecular weight excluding hydrogens is 156 g/mol. The molecule has 0 radical (unpaired) electrons. The molecule has 0 spiro atoms. The molecule has 1 aromatic heterocycles. The fourth-order valence-electron chi connectivity index (χ4n) is 1.71. The third kappa shape index (κ3) is 0.995. The summed E-state index contributed by atoms with van der Waals surface area (Å²) in [5.41, 5.74) is 1.86. The predicted octanol–water partition coefficient (Wildman–Crippen LogP) is 0.914. The lowest BCUT2D eigenvalue weighted by atomic mass is 9.88. The molecule has 4 heteroatoms. The zero-order valence-electron chi connectivity index (χ0n) is 6.58. The van der Waals surface area contributed by atoms with Crippen molar-refractivity contribution in [3.05, 3.63) is 17.5 Å². The highest BCUT2D eigenvalue weighted by Gasteiger charge is 2.27. The largest absolute Gasteiger partial charge is 0.481 e. The Morgan fingerprint density at radius 2 is 2.58 bits per heavy atom. The molecule has 64 valence electrons. The van der Waals surface area contributed by atoms with Gasteiger partial charge in [0.1, 0.15) is 0 Å². The van der Waals surface area contributed by atoms with Crippen LogP contribution in [-0.4, -0.2) is 21.3 Å². The lowest BCUT2D eigenvalue weighted by Crippen LogP contribution is -2.17. The van der Waals surface area contributed by atoms with E-state index in [1.165, 1.54) is 0 Å². The van der Waals surface area contributed by atoms with E-state index in [-0.39, 0.29) is 5.92 Å². The Morgan fingerprint density at radius 3 is 3.33 bits per heavy atom. The van der Waals surface area contributed by atoms with E-state index < -0.39 is 5.97 Å². The van der Waals surface area contributed by atoms with Gasteiger partial charge in [0, 0.05) is 0 Å². The van der Waals surface area contributed by atoms with E-state index in [9.17, 15) is 4.79 Å². The molecule has 1 aliphatic rings. The van der Waals surface area contributed by atoms with Crippen LogP contribution in [0.1, 0.15) is 30.0 Å². The van der Waals surface area contributed by atoms with Gasteiger partial charge in [-0.1, -0.05) is 0 Å². The average Bonchev–Trinajstić information content (AvgIpc) is 2.49. The van der Waals surface area contributed by atoms with Crippen LogP contribution in [-0.2, 0) is 11.2 Å². The summed E-state index contributed by atoms with van der Waals surface area (Å²) in [5, 5.41) is 15.5. The minimum absolute atomic E-state index is 0.365. The molecule has 2 N–H and O–H groups in total. The number of hydrogen-bond donors (Lipinski definition) is 2. The number of carboxylic acid groups (broad SMARTS) is 1. The second-order valence-electron chi connectivity index (χ2n) is 3.09. The number of rotatable bonds is 1. The molecule has 0 aromatic carbocycles. The Kier molecular flexibility index (Phi) is 1.60. The summed E-state index contributed by atoms with van der Waals surface area (Å²) < 4.78 is 0. The van der Waals surface area contributed by atoms with E-state index in [4.69, 9.17) is 5.11 Å². The quantitative estimate of drug-likeness (QED) is 0.651. The Labute approximate surface area is 69.6 Å². The smallest absolute Gasteiger partial charge is 0.312 e. The van der Waals surface area contributed by atoms with Crippen molar-refractivity contribution in [3.63, 3.8) is 0 Å². The minimum Gasteiger partial charge on any atom is -0.481 e. The van der Waals surface area contributed by atoms with Gasteiger partial charge in [-0.15, -0.1) is 0 Å². The first kappa shape index (κ1) is 7.34. The molecule has 0 amide bonds. The summed E-state index contributed by atoms with van der Waals surface area (Å²) in [6.45, 7) is 0. The first-order chi connectivity index (χ1) is 5.79. The normalized spacial score (nSPS) is 21.8. The van der Waals surface area contributed by atoms with Crippen LogP contribution in [0.3, 0.4) is 0 Å². The van der Waals surface area contributed by atoms with Crippen molar-refractivity contribution in [2.45, 2.75) is 25.2 Å². The van der Waals surface area contributed by atoms with Crippen LogP contribution >= 0.6 is 0 Å². The maximum Gasteiger partial charge on any atom is 0.312 e. The Balaban J connectivity index is 2.37. The Hall–Kier alpha value is -1.32. The number of carboxylic acids is 1. The lowest BCUT2D eigenvalue weighted by molar-refractivity contribution is -0.139. The number of hydrogen-bond acceptors (Lipinski definition) is 2. The molecule has 2 rings (SSSR count).